The topological polar surface area (TPSA) is 88.7 Å². The number of pyridine rings is 2. The van der Waals surface area contributed by atoms with Crippen molar-refractivity contribution in [3.05, 3.63) is 109 Å². The highest BCUT2D eigenvalue weighted by Gasteiger charge is 2.12. The van der Waals surface area contributed by atoms with Gasteiger partial charge < -0.3 is 54.1 Å². The summed E-state index contributed by atoms with van der Waals surface area (Å²) in [6, 6.07) is 22.8. The predicted molar refractivity (Wildman–Crippen MR) is 123 cm³/mol. The average molecular weight is 586 g/mol. The highest BCUT2D eigenvalue weighted by atomic mass is 79.9. The molecule has 0 saturated carbocycles. The zero-order chi connectivity index (χ0) is 22.5. The maximum Gasteiger partial charge on any atom is 0.488 e. The molecule has 2 aromatic carbocycles. The van der Waals surface area contributed by atoms with E-state index >= 15 is 0 Å². The van der Waals surface area contributed by atoms with E-state index in [0.717, 1.165) is 22.3 Å². The van der Waals surface area contributed by atoms with Crippen LogP contribution in [0.25, 0.3) is 11.1 Å². The van der Waals surface area contributed by atoms with Gasteiger partial charge in [-0.2, -0.15) is 0 Å². The average Bonchev–Trinajstić information content (AvgIpc) is 2.81. The molecule has 0 radical (unpaired) electrons. The van der Waals surface area contributed by atoms with Crippen LogP contribution < -0.4 is 54.0 Å². The molecule has 34 heavy (non-hydrogen) atoms. The van der Waals surface area contributed by atoms with Gasteiger partial charge in [-0.15, -0.1) is 0 Å². The molecule has 0 atom stereocenters. The van der Waals surface area contributed by atoms with E-state index in [0.29, 0.717) is 24.0 Å². The predicted octanol–water partition coefficient (Wildman–Crippen LogP) is -6.61. The first-order chi connectivity index (χ1) is 15.5. The van der Waals surface area contributed by atoms with E-state index in [1.165, 1.54) is 0 Å². The van der Waals surface area contributed by atoms with Crippen LogP contribution in [0.3, 0.4) is 0 Å². The van der Waals surface area contributed by atoms with Gasteiger partial charge in [-0.05, 0) is 22.1 Å². The lowest BCUT2D eigenvalue weighted by atomic mass is 9.80. The zero-order valence-electron chi connectivity index (χ0n) is 18.2. The number of nitrogens with zero attached hydrogens (tertiary/aromatic N) is 2. The van der Waals surface area contributed by atoms with E-state index in [1.807, 2.05) is 49.1 Å². The molecule has 0 saturated heterocycles. The van der Waals surface area contributed by atoms with Crippen LogP contribution in [0.1, 0.15) is 11.1 Å². The Morgan fingerprint density at radius 2 is 0.765 bits per heavy atom. The van der Waals surface area contributed by atoms with Gasteiger partial charge in [-0.3, -0.25) is 0 Å². The molecule has 4 aromatic rings. The van der Waals surface area contributed by atoms with Crippen molar-refractivity contribution >= 4 is 25.2 Å². The summed E-state index contributed by atoms with van der Waals surface area (Å²) in [4.78, 5) is 0. The number of rotatable bonds is 7. The lowest BCUT2D eigenvalue weighted by Gasteiger charge is -2.04. The molecule has 0 fully saturated rings. The number of hydrogen-bond donors (Lipinski definition) is 4. The van der Waals surface area contributed by atoms with Crippen molar-refractivity contribution in [2.45, 2.75) is 13.1 Å². The standard InChI is InChI=1S/C24H24B2N2O4.2BrH/c29-25(30)23-5-1-19(2-6-23)17-27-13-9-21(10-14-27)22-11-15-28(16-12-22)18-20-3-7-24(8-4-20)26(31)32;;/h1-16,29-32H,17-18H2;2*1H/q+2;;/p-2. The summed E-state index contributed by atoms with van der Waals surface area (Å²) in [6.45, 7) is 1.39. The molecular weight excluding hydrogens is 562 g/mol. The zero-order valence-corrected chi connectivity index (χ0v) is 21.4. The van der Waals surface area contributed by atoms with Gasteiger partial charge in [-0.25, -0.2) is 9.13 Å². The largest absolute Gasteiger partial charge is 1.00 e. The Labute approximate surface area is 220 Å². The summed E-state index contributed by atoms with van der Waals surface area (Å²) < 4.78 is 4.15. The normalized spacial score (nSPS) is 10.1. The van der Waals surface area contributed by atoms with Crippen LogP contribution in [0.15, 0.2) is 97.6 Å². The maximum absolute atomic E-state index is 9.19. The highest BCUT2D eigenvalue weighted by molar-refractivity contribution is 6.58. The Bertz CT molecular complexity index is 1060. The van der Waals surface area contributed by atoms with Crippen molar-refractivity contribution in [2.24, 2.45) is 0 Å². The maximum atomic E-state index is 9.19. The van der Waals surface area contributed by atoms with Crippen LogP contribution >= 0.6 is 0 Å². The van der Waals surface area contributed by atoms with E-state index in [9.17, 15) is 20.1 Å². The molecule has 174 valence electrons. The summed E-state index contributed by atoms with van der Waals surface area (Å²) in [5.74, 6) is 0. The smallest absolute Gasteiger partial charge is 0.488 e. The second-order valence-electron chi connectivity index (χ2n) is 7.75. The number of aromatic nitrogens is 2. The molecule has 0 spiro atoms. The molecule has 0 unspecified atom stereocenters. The molecule has 0 aliphatic carbocycles. The monoisotopic (exact) mass is 584 g/mol. The summed E-state index contributed by atoms with van der Waals surface area (Å²) in [7, 11) is -2.89. The van der Waals surface area contributed by atoms with Crippen LogP contribution in [0.5, 0.6) is 0 Å². The van der Waals surface area contributed by atoms with Gasteiger partial charge in [0.05, 0.1) is 0 Å². The van der Waals surface area contributed by atoms with Crippen molar-refractivity contribution in [3.8, 4) is 11.1 Å². The van der Waals surface area contributed by atoms with Crippen molar-refractivity contribution in [2.75, 3.05) is 0 Å². The minimum atomic E-state index is -1.44. The quantitative estimate of drug-likeness (QED) is 0.128. The number of halogens is 2. The molecule has 6 nitrogen and oxygen atoms in total. The SMILES string of the molecule is OB(O)c1ccc(C[n+]2ccc(-c3cc[n+](Cc4ccc(B(O)O)cc4)cc3)cc2)cc1.[Br-].[Br-]. The Morgan fingerprint density at radius 3 is 1.03 bits per heavy atom. The second kappa shape index (κ2) is 12.9. The van der Waals surface area contributed by atoms with E-state index < -0.39 is 14.2 Å². The molecule has 2 aromatic heterocycles. The Morgan fingerprint density at radius 1 is 0.471 bits per heavy atom. The second-order valence-corrected chi connectivity index (χ2v) is 7.75. The van der Waals surface area contributed by atoms with Crippen LogP contribution in [-0.4, -0.2) is 34.3 Å². The fourth-order valence-corrected chi connectivity index (χ4v) is 3.52. The van der Waals surface area contributed by atoms with Crippen molar-refractivity contribution in [1.82, 2.24) is 0 Å². The van der Waals surface area contributed by atoms with Gasteiger partial charge in [-0.1, -0.05) is 48.5 Å². The van der Waals surface area contributed by atoms with Gasteiger partial charge in [0, 0.05) is 35.4 Å². The molecule has 0 aliphatic rings. The molecule has 2 heterocycles. The fourth-order valence-electron chi connectivity index (χ4n) is 3.52. The van der Waals surface area contributed by atoms with Crippen LogP contribution in [-0.2, 0) is 13.1 Å². The minimum absolute atomic E-state index is 0. The van der Waals surface area contributed by atoms with Crippen molar-refractivity contribution in [1.29, 1.82) is 0 Å². The third-order valence-corrected chi connectivity index (χ3v) is 5.40. The first-order valence-electron chi connectivity index (χ1n) is 10.4. The van der Waals surface area contributed by atoms with Gasteiger partial charge in [0.25, 0.3) is 0 Å². The third kappa shape index (κ3) is 7.33. The van der Waals surface area contributed by atoms with E-state index in [-0.39, 0.29) is 34.0 Å². The summed E-state index contributed by atoms with van der Waals surface area (Å²) in [5, 5.41) is 36.8. The molecule has 0 bridgehead atoms. The van der Waals surface area contributed by atoms with Crippen molar-refractivity contribution < 1.29 is 63.2 Å². The Balaban J connectivity index is 0.00000204. The first kappa shape index (κ1) is 27.9. The first-order valence-corrected chi connectivity index (χ1v) is 10.4. The fraction of sp³-hybridized carbons (Fsp3) is 0.0833. The Hall–Kier alpha value is -2.33. The third-order valence-electron chi connectivity index (χ3n) is 5.40. The van der Waals surface area contributed by atoms with Crippen LogP contribution in [0.4, 0.5) is 0 Å². The number of hydrogen-bond acceptors (Lipinski definition) is 4. The molecule has 0 amide bonds. The van der Waals surface area contributed by atoms with Gasteiger partial charge in [0.2, 0.25) is 0 Å². The van der Waals surface area contributed by atoms with Gasteiger partial charge in [0.1, 0.15) is 0 Å². The van der Waals surface area contributed by atoms with E-state index in [4.69, 9.17) is 0 Å². The van der Waals surface area contributed by atoms with E-state index in [1.54, 1.807) is 24.3 Å². The summed E-state index contributed by atoms with van der Waals surface area (Å²) in [5.41, 5.74) is 5.36. The van der Waals surface area contributed by atoms with Crippen LogP contribution in [0.2, 0.25) is 0 Å². The molecule has 4 N–H and O–H groups in total. The summed E-state index contributed by atoms with van der Waals surface area (Å²) in [6.07, 6.45) is 8.12. The van der Waals surface area contributed by atoms with Crippen molar-refractivity contribution in [3.63, 3.8) is 0 Å². The number of benzene rings is 2. The van der Waals surface area contributed by atoms with Gasteiger partial charge in [0.15, 0.2) is 37.9 Å². The molecule has 10 heteroatoms. The Kier molecular flexibility index (Phi) is 10.6. The summed E-state index contributed by atoms with van der Waals surface area (Å²) >= 11 is 0. The minimum Gasteiger partial charge on any atom is -1.00 e. The molecule has 4 rings (SSSR count). The lowest BCUT2D eigenvalue weighted by Crippen LogP contribution is -3.00. The highest BCUT2D eigenvalue weighted by Crippen LogP contribution is 2.16. The van der Waals surface area contributed by atoms with Gasteiger partial charge >= 0.3 is 14.2 Å². The van der Waals surface area contributed by atoms with Crippen LogP contribution in [0, 0.1) is 0 Å². The van der Waals surface area contributed by atoms with E-state index in [2.05, 4.69) is 33.4 Å². The molecule has 0 aliphatic heterocycles. The molecular formula is C24H24B2Br2N2O4. The lowest BCUT2D eigenvalue weighted by molar-refractivity contribution is -0.688.